The van der Waals surface area contributed by atoms with Gasteiger partial charge in [0, 0.05) is 0 Å². The molecule has 126 valence electrons. The minimum atomic E-state index is -0.173. The molecule has 0 aromatic carbocycles. The van der Waals surface area contributed by atoms with Crippen LogP contribution in [0.1, 0.15) is 79.1 Å². The molecule has 22 heavy (non-hydrogen) atoms. The van der Waals surface area contributed by atoms with E-state index in [0.717, 1.165) is 12.8 Å². The smallest absolute Gasteiger partial charge is 0.0596 e. The number of hydrogen-bond donors (Lipinski definition) is 2. The van der Waals surface area contributed by atoms with Crippen LogP contribution in [-0.4, -0.2) is 22.4 Å². The maximum atomic E-state index is 11.0. The molecule has 4 aliphatic rings. The first-order valence-electron chi connectivity index (χ1n) is 9.51. The number of aliphatic hydroxyl groups excluding tert-OH is 2. The maximum Gasteiger partial charge on any atom is 0.0596 e. The van der Waals surface area contributed by atoms with Gasteiger partial charge < -0.3 is 10.2 Å². The standard InChI is InChI=1S/C20H34O2/c1-17(2)6-5-7-19(4)16(17)14(21)10-13-11-15(22)18(3)8-9-20(13,19)12-18/h13-16,21-22H,5-12H2,1-4H3/t13-,14-,15+,16-,18-,19-,20-/m0/s1. The molecule has 0 aromatic rings. The molecule has 7 atom stereocenters. The molecule has 4 saturated carbocycles. The molecule has 0 aliphatic heterocycles. The normalized spacial score (nSPS) is 59.7. The van der Waals surface area contributed by atoms with Crippen LogP contribution in [0.25, 0.3) is 0 Å². The van der Waals surface area contributed by atoms with Gasteiger partial charge in [0.2, 0.25) is 0 Å². The van der Waals surface area contributed by atoms with Crippen LogP contribution in [0.2, 0.25) is 0 Å². The van der Waals surface area contributed by atoms with Crippen LogP contribution >= 0.6 is 0 Å². The van der Waals surface area contributed by atoms with Crippen molar-refractivity contribution in [2.45, 2.75) is 91.3 Å². The second-order valence-corrected chi connectivity index (χ2v) is 10.5. The molecule has 0 heterocycles. The van der Waals surface area contributed by atoms with Crippen molar-refractivity contribution >= 4 is 0 Å². The Labute approximate surface area is 135 Å². The van der Waals surface area contributed by atoms with Crippen molar-refractivity contribution in [3.8, 4) is 0 Å². The molecule has 0 radical (unpaired) electrons. The van der Waals surface area contributed by atoms with Crippen molar-refractivity contribution in [1.82, 2.24) is 0 Å². The SMILES string of the molecule is CC1(C)CCC[C@@]2(C)[C@H]1[C@@H](O)C[C@H]1C[C@@H](O)[C@@]3(C)CC[C@]12C3. The predicted molar refractivity (Wildman–Crippen MR) is 88.4 cm³/mol. The van der Waals surface area contributed by atoms with Gasteiger partial charge in [-0.2, -0.15) is 0 Å². The number of hydrogen-bond acceptors (Lipinski definition) is 2. The molecule has 0 saturated heterocycles. The summed E-state index contributed by atoms with van der Waals surface area (Å²) in [6.45, 7) is 9.61. The third-order valence-corrected chi connectivity index (χ3v) is 9.05. The van der Waals surface area contributed by atoms with E-state index in [-0.39, 0.29) is 28.5 Å². The number of rotatable bonds is 0. The minimum absolute atomic E-state index is 0.133. The van der Waals surface area contributed by atoms with E-state index < -0.39 is 0 Å². The van der Waals surface area contributed by atoms with Gasteiger partial charge in [-0.3, -0.25) is 0 Å². The van der Waals surface area contributed by atoms with E-state index in [0.29, 0.717) is 17.3 Å². The summed E-state index contributed by atoms with van der Waals surface area (Å²) >= 11 is 0. The van der Waals surface area contributed by atoms with Crippen molar-refractivity contribution in [2.24, 2.45) is 33.5 Å². The lowest BCUT2D eigenvalue weighted by Gasteiger charge is -2.68. The fourth-order valence-electron chi connectivity index (χ4n) is 8.11. The van der Waals surface area contributed by atoms with Crippen LogP contribution in [0.3, 0.4) is 0 Å². The molecule has 2 nitrogen and oxygen atoms in total. The van der Waals surface area contributed by atoms with Crippen LogP contribution in [0.15, 0.2) is 0 Å². The number of fused-ring (bicyclic) bond motifs is 2. The second kappa shape index (κ2) is 4.30. The van der Waals surface area contributed by atoms with Gasteiger partial charge in [0.05, 0.1) is 12.2 Å². The highest BCUT2D eigenvalue weighted by Gasteiger charge is 2.70. The van der Waals surface area contributed by atoms with Crippen LogP contribution in [0.5, 0.6) is 0 Å². The summed E-state index contributed by atoms with van der Waals surface area (Å²) in [7, 11) is 0. The molecule has 4 aliphatic carbocycles. The molecular weight excluding hydrogens is 272 g/mol. The molecule has 1 spiro atoms. The average Bonchev–Trinajstić information content (AvgIpc) is 2.71. The highest BCUT2D eigenvalue weighted by atomic mass is 16.3. The van der Waals surface area contributed by atoms with E-state index in [1.807, 2.05) is 0 Å². The third kappa shape index (κ3) is 1.64. The summed E-state index contributed by atoms with van der Waals surface area (Å²) in [4.78, 5) is 0. The molecule has 0 amide bonds. The molecular formula is C20H34O2. The van der Waals surface area contributed by atoms with Crippen molar-refractivity contribution < 1.29 is 10.2 Å². The van der Waals surface area contributed by atoms with Crippen LogP contribution < -0.4 is 0 Å². The number of aliphatic hydroxyl groups is 2. The molecule has 4 fully saturated rings. The molecule has 0 unspecified atom stereocenters. The zero-order chi connectivity index (χ0) is 16.0. The lowest BCUT2D eigenvalue weighted by Crippen LogP contribution is -2.64. The Kier molecular flexibility index (Phi) is 3.02. The summed E-state index contributed by atoms with van der Waals surface area (Å²) in [6.07, 6.45) is 9.02. The van der Waals surface area contributed by atoms with E-state index in [9.17, 15) is 10.2 Å². The van der Waals surface area contributed by atoms with E-state index in [2.05, 4.69) is 27.7 Å². The van der Waals surface area contributed by atoms with Crippen molar-refractivity contribution in [3.05, 3.63) is 0 Å². The Morgan fingerprint density at radius 3 is 2.32 bits per heavy atom. The van der Waals surface area contributed by atoms with Gasteiger partial charge in [-0.25, -0.2) is 0 Å². The van der Waals surface area contributed by atoms with E-state index >= 15 is 0 Å². The zero-order valence-corrected chi connectivity index (χ0v) is 14.9. The Morgan fingerprint density at radius 2 is 1.59 bits per heavy atom. The Balaban J connectivity index is 1.83. The zero-order valence-electron chi connectivity index (χ0n) is 14.9. The van der Waals surface area contributed by atoms with Crippen molar-refractivity contribution in [3.63, 3.8) is 0 Å². The fourth-order valence-corrected chi connectivity index (χ4v) is 8.11. The quantitative estimate of drug-likeness (QED) is 0.706. The maximum absolute atomic E-state index is 11.0. The molecule has 0 aromatic heterocycles. The Bertz CT molecular complexity index is 486. The summed E-state index contributed by atoms with van der Waals surface area (Å²) in [5.41, 5.74) is 1.02. The van der Waals surface area contributed by atoms with Crippen LogP contribution in [0.4, 0.5) is 0 Å². The fraction of sp³-hybridized carbons (Fsp3) is 1.00. The van der Waals surface area contributed by atoms with Crippen LogP contribution in [-0.2, 0) is 0 Å². The first kappa shape index (κ1) is 15.4. The van der Waals surface area contributed by atoms with E-state index in [1.54, 1.807) is 0 Å². The summed E-state index contributed by atoms with van der Waals surface area (Å²) in [6, 6.07) is 0. The predicted octanol–water partition coefficient (Wildman–Crippen LogP) is 4.14. The van der Waals surface area contributed by atoms with Gasteiger partial charge in [0.1, 0.15) is 0 Å². The summed E-state index contributed by atoms with van der Waals surface area (Å²) < 4.78 is 0. The van der Waals surface area contributed by atoms with Crippen molar-refractivity contribution in [2.75, 3.05) is 0 Å². The molecule has 4 rings (SSSR count). The van der Waals surface area contributed by atoms with Gasteiger partial charge in [-0.1, -0.05) is 34.1 Å². The third-order valence-electron chi connectivity index (χ3n) is 9.05. The topological polar surface area (TPSA) is 40.5 Å². The van der Waals surface area contributed by atoms with Gasteiger partial charge in [-0.05, 0) is 78.4 Å². The molecule has 2 N–H and O–H groups in total. The summed E-state index contributed by atoms with van der Waals surface area (Å²) in [5, 5.41) is 21.7. The van der Waals surface area contributed by atoms with Crippen LogP contribution in [0, 0.1) is 33.5 Å². The van der Waals surface area contributed by atoms with E-state index in [1.165, 1.54) is 38.5 Å². The van der Waals surface area contributed by atoms with E-state index in [4.69, 9.17) is 0 Å². The highest BCUT2D eigenvalue weighted by Crippen LogP contribution is 2.76. The summed E-state index contributed by atoms with van der Waals surface area (Å²) in [5.74, 6) is 0.964. The largest absolute Gasteiger partial charge is 0.393 e. The average molecular weight is 306 g/mol. The first-order chi connectivity index (χ1) is 10.1. The van der Waals surface area contributed by atoms with Gasteiger partial charge >= 0.3 is 0 Å². The minimum Gasteiger partial charge on any atom is -0.393 e. The molecule has 2 heteroatoms. The lowest BCUT2D eigenvalue weighted by atomic mass is 9.37. The monoisotopic (exact) mass is 306 g/mol. The Morgan fingerprint density at radius 1 is 0.864 bits per heavy atom. The second-order valence-electron chi connectivity index (χ2n) is 10.5. The van der Waals surface area contributed by atoms with Gasteiger partial charge in [0.15, 0.2) is 0 Å². The highest BCUT2D eigenvalue weighted by molar-refractivity contribution is 5.19. The first-order valence-corrected chi connectivity index (χ1v) is 9.51. The van der Waals surface area contributed by atoms with Crippen molar-refractivity contribution in [1.29, 1.82) is 0 Å². The van der Waals surface area contributed by atoms with Gasteiger partial charge in [-0.15, -0.1) is 0 Å². The lowest BCUT2D eigenvalue weighted by molar-refractivity contribution is -0.227. The van der Waals surface area contributed by atoms with Gasteiger partial charge in [0.25, 0.3) is 0 Å². The Hall–Kier alpha value is -0.0800. The molecule has 2 bridgehead atoms.